The molecule has 0 atom stereocenters. The first-order valence-electron chi connectivity index (χ1n) is 6.59. The lowest BCUT2D eigenvalue weighted by molar-refractivity contribution is 0.304. The van der Waals surface area contributed by atoms with Crippen molar-refractivity contribution < 1.29 is 9.50 Å². The van der Waals surface area contributed by atoms with Crippen molar-refractivity contribution in [3.8, 4) is 0 Å². The molecule has 4 heteroatoms. The maximum absolute atomic E-state index is 13.1. The number of nitrogens with one attached hydrogen (secondary N) is 1. The highest BCUT2D eigenvalue weighted by Crippen LogP contribution is 2.17. The second kappa shape index (κ2) is 6.91. The summed E-state index contributed by atoms with van der Waals surface area (Å²) in [6.45, 7) is 1.33. The summed E-state index contributed by atoms with van der Waals surface area (Å²) < 4.78 is 13.1. The molecule has 0 aliphatic carbocycles. The average Bonchev–Trinajstić information content (AvgIpc) is 2.46. The van der Waals surface area contributed by atoms with E-state index in [1.165, 1.54) is 12.1 Å². The molecule has 2 aromatic rings. The summed E-state index contributed by atoms with van der Waals surface area (Å²) in [5.74, 6) is -0.217. The second-order valence-corrected chi connectivity index (χ2v) is 4.68. The lowest BCUT2D eigenvalue weighted by atomic mass is 10.2. The number of hydrogen-bond acceptors (Lipinski definition) is 3. The van der Waals surface area contributed by atoms with Crippen LogP contribution in [0.15, 0.2) is 48.5 Å². The molecule has 0 radical (unpaired) electrons. The molecule has 0 heterocycles. The molecule has 0 amide bonds. The van der Waals surface area contributed by atoms with Crippen molar-refractivity contribution in [2.75, 3.05) is 30.4 Å². The molecule has 0 bridgehead atoms. The van der Waals surface area contributed by atoms with Crippen LogP contribution in [-0.2, 0) is 6.54 Å². The van der Waals surface area contributed by atoms with Crippen LogP contribution in [-0.4, -0.2) is 25.3 Å². The first-order chi connectivity index (χ1) is 9.69. The first kappa shape index (κ1) is 14.3. The van der Waals surface area contributed by atoms with Gasteiger partial charge in [-0.2, -0.15) is 0 Å². The van der Waals surface area contributed by atoms with Crippen LogP contribution >= 0.6 is 0 Å². The Bertz CT molecular complexity index is 542. The Kier molecular flexibility index (Phi) is 4.96. The third-order valence-corrected chi connectivity index (χ3v) is 3.13. The predicted octanol–water partition coefficient (Wildman–Crippen LogP) is 2.87. The van der Waals surface area contributed by atoms with Crippen molar-refractivity contribution in [1.82, 2.24) is 0 Å². The van der Waals surface area contributed by atoms with E-state index in [1.54, 1.807) is 6.07 Å². The second-order valence-electron chi connectivity index (χ2n) is 4.68. The van der Waals surface area contributed by atoms with Gasteiger partial charge < -0.3 is 15.3 Å². The predicted molar refractivity (Wildman–Crippen MR) is 80.5 cm³/mol. The molecule has 0 unspecified atom stereocenters. The van der Waals surface area contributed by atoms with Crippen LogP contribution in [0.3, 0.4) is 0 Å². The fraction of sp³-hybridized carbons (Fsp3) is 0.250. The molecule has 3 nitrogen and oxygen atoms in total. The van der Waals surface area contributed by atoms with Gasteiger partial charge in [-0.1, -0.05) is 12.1 Å². The molecule has 0 aliphatic rings. The van der Waals surface area contributed by atoms with Crippen molar-refractivity contribution in [1.29, 1.82) is 0 Å². The SMILES string of the molecule is CN(CCO)c1ccc(NCc2cccc(F)c2)cc1. The maximum atomic E-state index is 13.1. The largest absolute Gasteiger partial charge is 0.395 e. The van der Waals surface area contributed by atoms with Gasteiger partial charge in [0, 0.05) is 31.5 Å². The molecule has 2 aromatic carbocycles. The van der Waals surface area contributed by atoms with Gasteiger partial charge in [-0.05, 0) is 42.0 Å². The van der Waals surface area contributed by atoms with E-state index in [1.807, 2.05) is 42.3 Å². The standard InChI is InChI=1S/C16H19FN2O/c1-19(9-10-20)16-7-5-15(6-8-16)18-12-13-3-2-4-14(17)11-13/h2-8,11,18,20H,9-10,12H2,1H3. The molecule has 0 aliphatic heterocycles. The molecular weight excluding hydrogens is 255 g/mol. The molecule has 106 valence electrons. The van der Waals surface area contributed by atoms with Gasteiger partial charge in [-0.25, -0.2) is 4.39 Å². The Morgan fingerprint density at radius 2 is 1.90 bits per heavy atom. The molecular formula is C16H19FN2O. The fourth-order valence-corrected chi connectivity index (χ4v) is 1.96. The fourth-order valence-electron chi connectivity index (χ4n) is 1.96. The number of rotatable bonds is 6. The summed E-state index contributed by atoms with van der Waals surface area (Å²) in [5, 5.41) is 12.2. The van der Waals surface area contributed by atoms with E-state index < -0.39 is 0 Å². The lowest BCUT2D eigenvalue weighted by Crippen LogP contribution is -2.20. The van der Waals surface area contributed by atoms with Gasteiger partial charge in [-0.15, -0.1) is 0 Å². The highest BCUT2D eigenvalue weighted by atomic mass is 19.1. The van der Waals surface area contributed by atoms with E-state index in [2.05, 4.69) is 5.32 Å². The third kappa shape index (κ3) is 3.96. The molecule has 20 heavy (non-hydrogen) atoms. The average molecular weight is 274 g/mol. The van der Waals surface area contributed by atoms with Crippen LogP contribution in [0.25, 0.3) is 0 Å². The maximum Gasteiger partial charge on any atom is 0.123 e. The van der Waals surface area contributed by atoms with Gasteiger partial charge in [0.25, 0.3) is 0 Å². The summed E-state index contributed by atoms with van der Waals surface area (Å²) in [4.78, 5) is 1.98. The molecule has 0 fully saturated rings. The zero-order chi connectivity index (χ0) is 14.4. The van der Waals surface area contributed by atoms with Crippen LogP contribution in [0, 0.1) is 5.82 Å². The number of anilines is 2. The minimum absolute atomic E-state index is 0.135. The Balaban J connectivity index is 1.94. The Hall–Kier alpha value is -2.07. The van der Waals surface area contributed by atoms with Gasteiger partial charge in [0.1, 0.15) is 5.82 Å². The third-order valence-electron chi connectivity index (χ3n) is 3.13. The van der Waals surface area contributed by atoms with E-state index in [4.69, 9.17) is 5.11 Å². The van der Waals surface area contributed by atoms with Crippen LogP contribution in [0.4, 0.5) is 15.8 Å². The Morgan fingerprint density at radius 1 is 1.15 bits per heavy atom. The number of halogens is 1. The molecule has 0 aromatic heterocycles. The molecule has 0 saturated carbocycles. The molecule has 2 rings (SSSR count). The van der Waals surface area contributed by atoms with E-state index in [9.17, 15) is 4.39 Å². The number of aliphatic hydroxyl groups is 1. The monoisotopic (exact) mass is 274 g/mol. The minimum atomic E-state index is -0.217. The van der Waals surface area contributed by atoms with Gasteiger partial charge >= 0.3 is 0 Å². The summed E-state index contributed by atoms with van der Waals surface area (Å²) in [7, 11) is 1.94. The lowest BCUT2D eigenvalue weighted by Gasteiger charge is -2.18. The van der Waals surface area contributed by atoms with Crippen molar-refractivity contribution in [2.45, 2.75) is 6.54 Å². The summed E-state index contributed by atoms with van der Waals surface area (Å²) in [5.41, 5.74) is 2.94. The number of likely N-dealkylation sites (N-methyl/N-ethyl adjacent to an activating group) is 1. The number of benzene rings is 2. The van der Waals surface area contributed by atoms with Crippen LogP contribution in [0.1, 0.15) is 5.56 Å². The summed E-state index contributed by atoms with van der Waals surface area (Å²) >= 11 is 0. The Labute approximate surface area is 118 Å². The van der Waals surface area contributed by atoms with E-state index in [0.717, 1.165) is 16.9 Å². The zero-order valence-electron chi connectivity index (χ0n) is 11.5. The van der Waals surface area contributed by atoms with Crippen LogP contribution in [0.2, 0.25) is 0 Å². The quantitative estimate of drug-likeness (QED) is 0.850. The van der Waals surface area contributed by atoms with Crippen molar-refractivity contribution in [3.63, 3.8) is 0 Å². The minimum Gasteiger partial charge on any atom is -0.395 e. The highest BCUT2D eigenvalue weighted by molar-refractivity contribution is 5.54. The first-order valence-corrected chi connectivity index (χ1v) is 6.59. The molecule has 0 spiro atoms. The number of aliphatic hydroxyl groups excluding tert-OH is 1. The topological polar surface area (TPSA) is 35.5 Å². The van der Waals surface area contributed by atoms with Crippen LogP contribution < -0.4 is 10.2 Å². The van der Waals surface area contributed by atoms with Crippen LogP contribution in [0.5, 0.6) is 0 Å². The molecule has 2 N–H and O–H groups in total. The summed E-state index contributed by atoms with van der Waals surface area (Å²) in [6.07, 6.45) is 0. The summed E-state index contributed by atoms with van der Waals surface area (Å²) in [6, 6.07) is 14.5. The Morgan fingerprint density at radius 3 is 2.55 bits per heavy atom. The van der Waals surface area contributed by atoms with Crippen molar-refractivity contribution in [3.05, 3.63) is 59.9 Å². The van der Waals surface area contributed by atoms with Crippen molar-refractivity contribution in [2.24, 2.45) is 0 Å². The smallest absolute Gasteiger partial charge is 0.123 e. The molecule has 0 saturated heterocycles. The highest BCUT2D eigenvalue weighted by Gasteiger charge is 2.00. The van der Waals surface area contributed by atoms with Gasteiger partial charge in [-0.3, -0.25) is 0 Å². The normalized spacial score (nSPS) is 10.3. The van der Waals surface area contributed by atoms with Gasteiger partial charge in [0.15, 0.2) is 0 Å². The van der Waals surface area contributed by atoms with Crippen molar-refractivity contribution >= 4 is 11.4 Å². The zero-order valence-corrected chi connectivity index (χ0v) is 11.5. The van der Waals surface area contributed by atoms with E-state index >= 15 is 0 Å². The number of hydrogen-bond donors (Lipinski definition) is 2. The van der Waals surface area contributed by atoms with E-state index in [0.29, 0.717) is 13.1 Å². The van der Waals surface area contributed by atoms with E-state index in [-0.39, 0.29) is 12.4 Å². The van der Waals surface area contributed by atoms with Gasteiger partial charge in [0.05, 0.1) is 6.61 Å². The number of nitrogens with zero attached hydrogens (tertiary/aromatic N) is 1. The van der Waals surface area contributed by atoms with Gasteiger partial charge in [0.2, 0.25) is 0 Å².